The first-order valence-electron chi connectivity index (χ1n) is 8.11. The van der Waals surface area contributed by atoms with E-state index in [2.05, 4.69) is 15.0 Å². The van der Waals surface area contributed by atoms with E-state index in [0.29, 0.717) is 11.7 Å². The Morgan fingerprint density at radius 3 is 2.65 bits per heavy atom. The third-order valence-corrected chi connectivity index (χ3v) is 5.29. The van der Waals surface area contributed by atoms with Gasteiger partial charge in [0.25, 0.3) is 0 Å². The van der Waals surface area contributed by atoms with Gasteiger partial charge < -0.3 is 15.2 Å². The highest BCUT2D eigenvalue weighted by Gasteiger charge is 2.47. The van der Waals surface area contributed by atoms with Gasteiger partial charge in [-0.1, -0.05) is 11.6 Å². The molecule has 2 N–H and O–H groups in total. The molecule has 3 fully saturated rings. The van der Waals surface area contributed by atoms with Crippen molar-refractivity contribution in [3.05, 3.63) is 11.7 Å². The van der Waals surface area contributed by atoms with Crippen molar-refractivity contribution in [2.24, 2.45) is 17.6 Å². The summed E-state index contributed by atoms with van der Waals surface area (Å²) in [4.78, 5) is 7.01. The van der Waals surface area contributed by atoms with Gasteiger partial charge >= 0.3 is 0 Å². The fourth-order valence-electron chi connectivity index (χ4n) is 3.98. The van der Waals surface area contributed by atoms with Gasteiger partial charge in [-0.05, 0) is 57.0 Å². The van der Waals surface area contributed by atoms with Gasteiger partial charge in [-0.15, -0.1) is 0 Å². The van der Waals surface area contributed by atoms with E-state index in [1.54, 1.807) is 0 Å². The lowest BCUT2D eigenvalue weighted by Crippen LogP contribution is -2.36. The zero-order valence-electron chi connectivity index (χ0n) is 12.0. The fraction of sp³-hybridized carbons (Fsp3) is 0.867. The normalized spacial score (nSPS) is 35.0. The molecular weight excluding hydrogens is 252 g/mol. The van der Waals surface area contributed by atoms with Gasteiger partial charge in [0.05, 0.1) is 6.04 Å². The maximum absolute atomic E-state index is 6.25. The number of hydrogen-bond acceptors (Lipinski definition) is 5. The van der Waals surface area contributed by atoms with Crippen molar-refractivity contribution >= 4 is 0 Å². The number of fused-ring (bicyclic) bond motifs is 1. The first-order chi connectivity index (χ1) is 9.79. The van der Waals surface area contributed by atoms with Crippen LogP contribution in [0.4, 0.5) is 0 Å². The molecule has 2 heterocycles. The molecule has 3 aliphatic rings. The van der Waals surface area contributed by atoms with Crippen LogP contribution >= 0.6 is 0 Å². The molecule has 1 aliphatic heterocycles. The van der Waals surface area contributed by atoms with E-state index in [9.17, 15) is 0 Å². The first-order valence-corrected chi connectivity index (χ1v) is 8.11. The molecule has 1 aromatic heterocycles. The summed E-state index contributed by atoms with van der Waals surface area (Å²) < 4.78 is 5.47. The van der Waals surface area contributed by atoms with Crippen molar-refractivity contribution in [3.63, 3.8) is 0 Å². The van der Waals surface area contributed by atoms with Crippen LogP contribution in [0.3, 0.4) is 0 Å². The molecule has 0 aromatic carbocycles. The second-order valence-corrected chi connectivity index (χ2v) is 6.88. The van der Waals surface area contributed by atoms with Gasteiger partial charge in [-0.2, -0.15) is 4.98 Å². The monoisotopic (exact) mass is 276 g/mol. The number of likely N-dealkylation sites (tertiary alicyclic amines) is 1. The molecule has 2 aliphatic carbocycles. The molecule has 0 radical (unpaired) electrons. The lowest BCUT2D eigenvalue weighted by Gasteiger charge is -2.27. The van der Waals surface area contributed by atoms with Crippen molar-refractivity contribution in [2.75, 3.05) is 19.6 Å². The zero-order valence-corrected chi connectivity index (χ0v) is 12.0. The highest BCUT2D eigenvalue weighted by Crippen LogP contribution is 2.57. The minimum Gasteiger partial charge on any atom is -0.339 e. The second-order valence-electron chi connectivity index (χ2n) is 6.88. The van der Waals surface area contributed by atoms with Gasteiger partial charge in [-0.3, -0.25) is 0 Å². The van der Waals surface area contributed by atoms with Crippen LogP contribution in [0, 0.1) is 11.8 Å². The van der Waals surface area contributed by atoms with Crippen molar-refractivity contribution < 1.29 is 4.52 Å². The number of piperidine rings is 1. The molecule has 110 valence electrons. The SMILES string of the molecule is NC(CN1CCCCC1)c1noc(C2CC3CC3C2)n1. The van der Waals surface area contributed by atoms with Gasteiger partial charge in [0, 0.05) is 12.5 Å². The molecule has 5 nitrogen and oxygen atoms in total. The molecule has 1 aromatic rings. The van der Waals surface area contributed by atoms with Gasteiger partial charge in [0.1, 0.15) is 0 Å². The molecule has 0 amide bonds. The minimum atomic E-state index is -0.110. The highest BCUT2D eigenvalue weighted by molar-refractivity contribution is 5.07. The summed E-state index contributed by atoms with van der Waals surface area (Å²) in [5.41, 5.74) is 6.25. The Hall–Kier alpha value is -0.940. The summed E-state index contributed by atoms with van der Waals surface area (Å²) in [6.45, 7) is 3.17. The summed E-state index contributed by atoms with van der Waals surface area (Å²) in [6, 6.07) is -0.110. The van der Waals surface area contributed by atoms with E-state index in [4.69, 9.17) is 10.3 Å². The molecule has 1 saturated heterocycles. The maximum atomic E-state index is 6.25. The zero-order chi connectivity index (χ0) is 13.5. The second kappa shape index (κ2) is 5.11. The summed E-state index contributed by atoms with van der Waals surface area (Å²) in [5.74, 6) is 3.92. The summed E-state index contributed by atoms with van der Waals surface area (Å²) in [7, 11) is 0. The summed E-state index contributed by atoms with van der Waals surface area (Å²) in [6.07, 6.45) is 7.83. The highest BCUT2D eigenvalue weighted by atomic mass is 16.5. The van der Waals surface area contributed by atoms with Crippen LogP contribution in [0.1, 0.15) is 62.2 Å². The van der Waals surface area contributed by atoms with Crippen molar-refractivity contribution in [2.45, 2.75) is 50.5 Å². The predicted octanol–water partition coefficient (Wildman–Crippen LogP) is 2.07. The van der Waals surface area contributed by atoms with Crippen molar-refractivity contribution in [1.82, 2.24) is 15.0 Å². The van der Waals surface area contributed by atoms with Crippen LogP contribution in [-0.4, -0.2) is 34.7 Å². The molecule has 3 unspecified atom stereocenters. The van der Waals surface area contributed by atoms with Crippen LogP contribution in [0.15, 0.2) is 4.52 Å². The molecule has 3 atom stereocenters. The smallest absolute Gasteiger partial charge is 0.229 e. The average molecular weight is 276 g/mol. The third-order valence-electron chi connectivity index (χ3n) is 5.29. The van der Waals surface area contributed by atoms with E-state index < -0.39 is 0 Å². The van der Waals surface area contributed by atoms with Crippen molar-refractivity contribution in [3.8, 4) is 0 Å². The standard InChI is InChI=1S/C15H24N4O/c16-13(9-19-4-2-1-3-5-19)14-17-15(20-18-14)12-7-10-6-11(10)8-12/h10-13H,1-9,16H2. The molecular formula is C15H24N4O. The van der Waals surface area contributed by atoms with Crippen LogP contribution in [0.25, 0.3) is 0 Å². The Morgan fingerprint density at radius 2 is 1.90 bits per heavy atom. The van der Waals surface area contributed by atoms with Crippen LogP contribution < -0.4 is 5.73 Å². The fourth-order valence-corrected chi connectivity index (χ4v) is 3.98. The quantitative estimate of drug-likeness (QED) is 0.911. The minimum absolute atomic E-state index is 0.110. The molecule has 4 rings (SSSR count). The lowest BCUT2D eigenvalue weighted by molar-refractivity contribution is 0.213. The average Bonchev–Trinajstić information content (AvgIpc) is 2.93. The molecule has 5 heteroatoms. The van der Waals surface area contributed by atoms with E-state index in [1.807, 2.05) is 0 Å². The first kappa shape index (κ1) is 12.8. The van der Waals surface area contributed by atoms with Gasteiger partial charge in [0.15, 0.2) is 5.82 Å². The van der Waals surface area contributed by atoms with Crippen LogP contribution in [0.2, 0.25) is 0 Å². The van der Waals surface area contributed by atoms with E-state index in [0.717, 1.165) is 37.4 Å². The molecule has 20 heavy (non-hydrogen) atoms. The number of aromatic nitrogens is 2. The van der Waals surface area contributed by atoms with Crippen LogP contribution in [0.5, 0.6) is 0 Å². The molecule has 0 bridgehead atoms. The number of rotatable bonds is 4. The maximum Gasteiger partial charge on any atom is 0.229 e. The van der Waals surface area contributed by atoms with Gasteiger partial charge in [0.2, 0.25) is 5.89 Å². The van der Waals surface area contributed by atoms with Crippen molar-refractivity contribution in [1.29, 1.82) is 0 Å². The predicted molar refractivity (Wildman–Crippen MR) is 75.1 cm³/mol. The van der Waals surface area contributed by atoms with E-state index >= 15 is 0 Å². The molecule has 2 saturated carbocycles. The lowest BCUT2D eigenvalue weighted by atomic mass is 10.0. The number of hydrogen-bond donors (Lipinski definition) is 1. The van der Waals surface area contributed by atoms with E-state index in [-0.39, 0.29) is 6.04 Å². The Labute approximate surface area is 119 Å². The Balaban J connectivity index is 1.36. The number of nitrogens with two attached hydrogens (primary N) is 1. The van der Waals surface area contributed by atoms with Gasteiger partial charge in [-0.25, -0.2) is 0 Å². The molecule has 0 spiro atoms. The summed E-state index contributed by atoms with van der Waals surface area (Å²) >= 11 is 0. The van der Waals surface area contributed by atoms with Crippen LogP contribution in [-0.2, 0) is 0 Å². The Bertz CT molecular complexity index is 458. The summed E-state index contributed by atoms with van der Waals surface area (Å²) in [5, 5.41) is 4.13. The third kappa shape index (κ3) is 2.49. The number of nitrogens with zero attached hydrogens (tertiary/aromatic N) is 3. The Morgan fingerprint density at radius 1 is 1.15 bits per heavy atom. The topological polar surface area (TPSA) is 68.2 Å². The Kier molecular flexibility index (Phi) is 3.27. The largest absolute Gasteiger partial charge is 0.339 e. The van der Waals surface area contributed by atoms with E-state index in [1.165, 1.54) is 38.5 Å².